The number of carbonyl (C=O) groups is 1. The molecule has 2 rings (SSSR count). The largest absolute Gasteiger partial charge is 0.481 e. The first-order valence-electron chi connectivity index (χ1n) is 6.77. The van der Waals surface area contributed by atoms with E-state index in [1.165, 1.54) is 0 Å². The summed E-state index contributed by atoms with van der Waals surface area (Å²) in [7, 11) is 0. The van der Waals surface area contributed by atoms with Crippen LogP contribution >= 0.6 is 23.2 Å². The van der Waals surface area contributed by atoms with E-state index in [4.69, 9.17) is 28.3 Å². The average molecular weight is 317 g/mol. The molecule has 0 saturated heterocycles. The fourth-order valence-corrected chi connectivity index (χ4v) is 3.61. The number of rotatable bonds is 5. The van der Waals surface area contributed by atoms with Gasteiger partial charge in [0.1, 0.15) is 0 Å². The van der Waals surface area contributed by atoms with E-state index in [1.807, 2.05) is 0 Å². The van der Waals surface area contributed by atoms with Gasteiger partial charge in [-0.05, 0) is 42.9 Å². The molecule has 0 bridgehead atoms. The van der Waals surface area contributed by atoms with Crippen LogP contribution in [0.3, 0.4) is 0 Å². The molecule has 0 radical (unpaired) electrons. The fourth-order valence-electron chi connectivity index (χ4n) is 3.19. The molecule has 1 fully saturated rings. The molecule has 1 saturated carbocycles. The van der Waals surface area contributed by atoms with E-state index in [2.05, 4.69) is 0 Å². The van der Waals surface area contributed by atoms with Crippen LogP contribution in [-0.2, 0) is 4.79 Å². The van der Waals surface area contributed by atoms with Gasteiger partial charge in [-0.25, -0.2) is 0 Å². The third-order valence-corrected chi connectivity index (χ3v) is 4.71. The minimum atomic E-state index is -0.809. The number of benzene rings is 1. The number of carboxylic acids is 1. The van der Waals surface area contributed by atoms with Crippen molar-refractivity contribution in [3.05, 3.63) is 33.8 Å². The number of aliphatic hydroxyl groups excluding tert-OH is 1. The molecule has 5 heteroatoms. The molecule has 0 amide bonds. The molecular weight excluding hydrogens is 299 g/mol. The zero-order valence-corrected chi connectivity index (χ0v) is 12.6. The van der Waals surface area contributed by atoms with Crippen molar-refractivity contribution < 1.29 is 15.0 Å². The molecule has 1 aliphatic rings. The third-order valence-electron chi connectivity index (χ3n) is 4.13. The molecule has 0 spiro atoms. The second kappa shape index (κ2) is 6.33. The zero-order chi connectivity index (χ0) is 14.8. The van der Waals surface area contributed by atoms with Gasteiger partial charge < -0.3 is 10.2 Å². The van der Waals surface area contributed by atoms with E-state index in [9.17, 15) is 9.90 Å². The number of hydrogen-bond donors (Lipinski definition) is 2. The Morgan fingerprint density at radius 1 is 1.30 bits per heavy atom. The second-order valence-corrected chi connectivity index (χ2v) is 6.51. The van der Waals surface area contributed by atoms with Crippen LogP contribution in [-0.4, -0.2) is 16.2 Å². The lowest BCUT2D eigenvalue weighted by atomic mass is 9.76. The molecule has 1 aromatic carbocycles. The number of halogens is 2. The molecule has 110 valence electrons. The van der Waals surface area contributed by atoms with Gasteiger partial charge >= 0.3 is 5.97 Å². The van der Waals surface area contributed by atoms with Crippen molar-refractivity contribution in [2.24, 2.45) is 5.41 Å². The molecular formula is C15H18Cl2O3. The number of hydrogen-bond acceptors (Lipinski definition) is 2. The van der Waals surface area contributed by atoms with E-state index in [1.54, 1.807) is 18.2 Å². The summed E-state index contributed by atoms with van der Waals surface area (Å²) >= 11 is 12.0. The van der Waals surface area contributed by atoms with Gasteiger partial charge in [0.05, 0.1) is 12.5 Å². The highest BCUT2D eigenvalue weighted by Gasteiger charge is 2.38. The highest BCUT2D eigenvalue weighted by Crippen LogP contribution is 2.48. The lowest BCUT2D eigenvalue weighted by molar-refractivity contribution is -0.140. The quantitative estimate of drug-likeness (QED) is 0.843. The summed E-state index contributed by atoms with van der Waals surface area (Å²) in [6.07, 6.45) is 3.45. The molecule has 1 aromatic rings. The lowest BCUT2D eigenvalue weighted by Gasteiger charge is -2.30. The lowest BCUT2D eigenvalue weighted by Crippen LogP contribution is -2.24. The van der Waals surface area contributed by atoms with E-state index >= 15 is 0 Å². The maximum absolute atomic E-state index is 11.1. The van der Waals surface area contributed by atoms with Gasteiger partial charge in [0.2, 0.25) is 0 Å². The van der Waals surface area contributed by atoms with Gasteiger partial charge in [0, 0.05) is 15.6 Å². The highest BCUT2D eigenvalue weighted by atomic mass is 35.5. The SMILES string of the molecule is O=C(O)CC1(CC(O)c2cc(Cl)ccc2Cl)CCCC1. The Morgan fingerprint density at radius 2 is 1.95 bits per heavy atom. The molecule has 2 N–H and O–H groups in total. The van der Waals surface area contributed by atoms with Crippen molar-refractivity contribution in [2.45, 2.75) is 44.6 Å². The Morgan fingerprint density at radius 3 is 2.55 bits per heavy atom. The average Bonchev–Trinajstić information content (AvgIpc) is 2.79. The van der Waals surface area contributed by atoms with Crippen LogP contribution < -0.4 is 0 Å². The van der Waals surface area contributed by atoms with E-state index in [0.29, 0.717) is 22.0 Å². The van der Waals surface area contributed by atoms with Gasteiger partial charge in [-0.1, -0.05) is 36.0 Å². The Hall–Kier alpha value is -0.770. The topological polar surface area (TPSA) is 57.5 Å². The van der Waals surface area contributed by atoms with Crippen molar-refractivity contribution in [1.82, 2.24) is 0 Å². The smallest absolute Gasteiger partial charge is 0.303 e. The van der Waals surface area contributed by atoms with Gasteiger partial charge in [0.25, 0.3) is 0 Å². The van der Waals surface area contributed by atoms with E-state index in [-0.39, 0.29) is 11.8 Å². The first kappa shape index (κ1) is 15.6. The van der Waals surface area contributed by atoms with Crippen molar-refractivity contribution in [2.75, 3.05) is 0 Å². The van der Waals surface area contributed by atoms with Crippen LogP contribution in [0.1, 0.15) is 50.2 Å². The van der Waals surface area contributed by atoms with Crippen LogP contribution in [0.4, 0.5) is 0 Å². The van der Waals surface area contributed by atoms with Crippen molar-refractivity contribution in [1.29, 1.82) is 0 Å². The van der Waals surface area contributed by atoms with Gasteiger partial charge in [-0.3, -0.25) is 4.79 Å². The maximum atomic E-state index is 11.1. The maximum Gasteiger partial charge on any atom is 0.303 e. The van der Waals surface area contributed by atoms with Crippen LogP contribution in [0, 0.1) is 5.41 Å². The fraction of sp³-hybridized carbons (Fsp3) is 0.533. The molecule has 0 heterocycles. The number of aliphatic hydroxyl groups is 1. The molecule has 0 aromatic heterocycles. The summed E-state index contributed by atoms with van der Waals surface area (Å²) in [5, 5.41) is 20.5. The first-order chi connectivity index (χ1) is 9.42. The summed E-state index contributed by atoms with van der Waals surface area (Å²) in [4.78, 5) is 11.1. The summed E-state index contributed by atoms with van der Waals surface area (Å²) < 4.78 is 0. The summed E-state index contributed by atoms with van der Waals surface area (Å²) in [6.45, 7) is 0. The van der Waals surface area contributed by atoms with Crippen LogP contribution in [0.5, 0.6) is 0 Å². The summed E-state index contributed by atoms with van der Waals surface area (Å²) in [5.41, 5.74) is 0.257. The number of aliphatic carboxylic acids is 1. The summed E-state index contributed by atoms with van der Waals surface area (Å²) in [5.74, 6) is -0.809. The minimum Gasteiger partial charge on any atom is -0.481 e. The normalized spacial score (nSPS) is 18.9. The molecule has 1 aliphatic carbocycles. The van der Waals surface area contributed by atoms with Gasteiger partial charge in [0.15, 0.2) is 0 Å². The molecule has 20 heavy (non-hydrogen) atoms. The second-order valence-electron chi connectivity index (χ2n) is 5.66. The van der Waals surface area contributed by atoms with Gasteiger partial charge in [-0.2, -0.15) is 0 Å². The Bertz CT molecular complexity index is 496. The third kappa shape index (κ3) is 3.66. The molecule has 1 unspecified atom stereocenters. The summed E-state index contributed by atoms with van der Waals surface area (Å²) in [6, 6.07) is 4.97. The molecule has 0 aliphatic heterocycles. The Balaban J connectivity index is 2.18. The van der Waals surface area contributed by atoms with E-state index in [0.717, 1.165) is 25.7 Å². The van der Waals surface area contributed by atoms with Crippen molar-refractivity contribution in [3.63, 3.8) is 0 Å². The van der Waals surface area contributed by atoms with Crippen LogP contribution in [0.2, 0.25) is 10.0 Å². The molecule has 3 nitrogen and oxygen atoms in total. The Kier molecular flexibility index (Phi) is 4.95. The predicted molar refractivity (Wildman–Crippen MR) is 79.2 cm³/mol. The van der Waals surface area contributed by atoms with Crippen molar-refractivity contribution >= 4 is 29.2 Å². The molecule has 1 atom stereocenters. The van der Waals surface area contributed by atoms with E-state index < -0.39 is 12.1 Å². The van der Waals surface area contributed by atoms with Crippen LogP contribution in [0.15, 0.2) is 18.2 Å². The zero-order valence-electron chi connectivity index (χ0n) is 11.1. The Labute approximate surface area is 128 Å². The van der Waals surface area contributed by atoms with Gasteiger partial charge in [-0.15, -0.1) is 0 Å². The predicted octanol–water partition coefficient (Wildman–Crippen LogP) is 4.45. The first-order valence-corrected chi connectivity index (χ1v) is 7.52. The minimum absolute atomic E-state index is 0.0994. The number of carboxylic acid groups (broad SMARTS) is 1. The van der Waals surface area contributed by atoms with Crippen LogP contribution in [0.25, 0.3) is 0 Å². The monoisotopic (exact) mass is 316 g/mol. The van der Waals surface area contributed by atoms with Crippen molar-refractivity contribution in [3.8, 4) is 0 Å². The standard InChI is InChI=1S/C15H18Cl2O3/c16-10-3-4-12(17)11(7-10)13(18)8-15(9-14(19)20)5-1-2-6-15/h3-4,7,13,18H,1-2,5-6,8-9H2,(H,19,20). The highest BCUT2D eigenvalue weighted by molar-refractivity contribution is 6.33.